The second kappa shape index (κ2) is 7.58. The number of pyridine rings is 1. The fraction of sp³-hybridized carbons (Fsp3) is 0.615. The van der Waals surface area contributed by atoms with Crippen molar-refractivity contribution in [3.63, 3.8) is 0 Å². The summed E-state index contributed by atoms with van der Waals surface area (Å²) in [5.41, 5.74) is 1.27. The first-order valence-electron chi connectivity index (χ1n) is 6.27. The number of rotatable bonds is 5. The molecule has 0 aliphatic carbocycles. The van der Waals surface area contributed by atoms with Gasteiger partial charge in [0.05, 0.1) is 12.7 Å². The maximum atomic E-state index is 5.76. The summed E-state index contributed by atoms with van der Waals surface area (Å²) in [6.45, 7) is 4.02. The van der Waals surface area contributed by atoms with Gasteiger partial charge in [0.15, 0.2) is 0 Å². The molecule has 0 unspecified atom stereocenters. The number of nitrogens with zero attached hydrogens (tertiary/aromatic N) is 2. The number of aromatic nitrogens is 1. The molecule has 5 heteroatoms. The van der Waals surface area contributed by atoms with Gasteiger partial charge in [-0.25, -0.2) is 0 Å². The molecule has 100 valence electrons. The number of hydrogen-bond donors (Lipinski definition) is 0. The van der Waals surface area contributed by atoms with Crippen LogP contribution < -0.4 is 0 Å². The van der Waals surface area contributed by atoms with Crippen LogP contribution in [0.3, 0.4) is 0 Å². The van der Waals surface area contributed by atoms with E-state index >= 15 is 0 Å². The first-order chi connectivity index (χ1) is 8.78. The number of likely N-dealkylation sites (tertiary alicyclic amines) is 1. The zero-order valence-electron chi connectivity index (χ0n) is 10.3. The lowest BCUT2D eigenvalue weighted by atomic mass is 10.1. The molecule has 2 heterocycles. The van der Waals surface area contributed by atoms with Crippen molar-refractivity contribution >= 4 is 31.9 Å². The number of alkyl halides is 1. The summed E-state index contributed by atoms with van der Waals surface area (Å²) in [7, 11) is 0. The summed E-state index contributed by atoms with van der Waals surface area (Å²) in [6, 6.07) is 2.14. The lowest BCUT2D eigenvalue weighted by Gasteiger charge is -2.31. The monoisotopic (exact) mass is 376 g/mol. The van der Waals surface area contributed by atoms with E-state index in [2.05, 4.69) is 47.8 Å². The lowest BCUT2D eigenvalue weighted by molar-refractivity contribution is 0.0141. The van der Waals surface area contributed by atoms with Crippen molar-refractivity contribution in [3.8, 4) is 0 Å². The maximum Gasteiger partial charge on any atom is 0.0599 e. The summed E-state index contributed by atoms with van der Waals surface area (Å²) in [6.07, 6.45) is 6.48. The predicted molar refractivity (Wildman–Crippen MR) is 80.0 cm³/mol. The molecule has 18 heavy (non-hydrogen) atoms. The van der Waals surface area contributed by atoms with Crippen LogP contribution in [0.2, 0.25) is 0 Å². The number of ether oxygens (including phenoxy) is 1. The van der Waals surface area contributed by atoms with Crippen LogP contribution in [-0.2, 0) is 11.3 Å². The molecule has 1 aromatic rings. The Labute approximate surface area is 125 Å². The average molecular weight is 378 g/mol. The first kappa shape index (κ1) is 14.4. The Morgan fingerprint density at radius 1 is 1.33 bits per heavy atom. The van der Waals surface area contributed by atoms with E-state index in [1.54, 1.807) is 0 Å². The van der Waals surface area contributed by atoms with Crippen molar-refractivity contribution in [2.45, 2.75) is 25.5 Å². The Morgan fingerprint density at radius 2 is 2.11 bits per heavy atom. The van der Waals surface area contributed by atoms with E-state index in [0.717, 1.165) is 48.9 Å². The highest BCUT2D eigenvalue weighted by molar-refractivity contribution is 9.10. The summed E-state index contributed by atoms with van der Waals surface area (Å²) < 4.78 is 6.81. The summed E-state index contributed by atoms with van der Waals surface area (Å²) >= 11 is 6.85. The van der Waals surface area contributed by atoms with E-state index in [-0.39, 0.29) is 0 Å². The highest BCUT2D eigenvalue weighted by atomic mass is 79.9. The van der Waals surface area contributed by atoms with Crippen LogP contribution >= 0.6 is 31.9 Å². The van der Waals surface area contributed by atoms with Gasteiger partial charge in [-0.2, -0.15) is 0 Å². The van der Waals surface area contributed by atoms with Gasteiger partial charge in [-0.05, 0) is 40.4 Å². The van der Waals surface area contributed by atoms with Crippen LogP contribution in [0, 0.1) is 0 Å². The van der Waals surface area contributed by atoms with Gasteiger partial charge >= 0.3 is 0 Å². The van der Waals surface area contributed by atoms with Crippen LogP contribution in [-0.4, -0.2) is 41.0 Å². The SMILES string of the molecule is BrCCOC1CCN(Cc2cncc(Br)c2)CC1. The predicted octanol–water partition coefficient (Wildman–Crippen LogP) is 3.22. The van der Waals surface area contributed by atoms with E-state index in [9.17, 15) is 0 Å². The average Bonchev–Trinajstić information content (AvgIpc) is 2.38. The van der Waals surface area contributed by atoms with Crippen molar-refractivity contribution < 1.29 is 4.74 Å². The third-order valence-electron chi connectivity index (χ3n) is 3.13. The van der Waals surface area contributed by atoms with Crippen molar-refractivity contribution in [3.05, 3.63) is 28.5 Å². The molecule has 0 saturated carbocycles. The Balaban J connectivity index is 1.76. The molecule has 1 fully saturated rings. The van der Waals surface area contributed by atoms with Gasteiger partial charge in [-0.15, -0.1) is 0 Å². The third kappa shape index (κ3) is 4.61. The Bertz CT molecular complexity index is 368. The van der Waals surface area contributed by atoms with Crippen LogP contribution in [0.1, 0.15) is 18.4 Å². The molecule has 1 aliphatic rings. The van der Waals surface area contributed by atoms with Gasteiger partial charge in [0.25, 0.3) is 0 Å². The van der Waals surface area contributed by atoms with Gasteiger partial charge in [-0.3, -0.25) is 9.88 Å². The highest BCUT2D eigenvalue weighted by Crippen LogP contribution is 2.17. The second-order valence-electron chi connectivity index (χ2n) is 4.55. The van der Waals surface area contributed by atoms with Crippen molar-refractivity contribution in [1.82, 2.24) is 9.88 Å². The molecule has 1 saturated heterocycles. The van der Waals surface area contributed by atoms with Crippen molar-refractivity contribution in [2.75, 3.05) is 25.0 Å². The van der Waals surface area contributed by atoms with Gasteiger partial charge in [0.2, 0.25) is 0 Å². The molecule has 2 rings (SSSR count). The standard InChI is InChI=1S/C13H18Br2N2O/c14-3-6-18-13-1-4-17(5-2-13)10-11-7-12(15)9-16-8-11/h7-9,13H,1-6,10H2. The van der Waals surface area contributed by atoms with Gasteiger partial charge < -0.3 is 4.74 Å². The smallest absolute Gasteiger partial charge is 0.0599 e. The fourth-order valence-corrected chi connectivity index (χ4v) is 2.84. The number of halogens is 2. The van der Waals surface area contributed by atoms with Crippen LogP contribution in [0.4, 0.5) is 0 Å². The van der Waals surface area contributed by atoms with Crippen molar-refractivity contribution in [2.24, 2.45) is 0 Å². The van der Waals surface area contributed by atoms with E-state index in [1.165, 1.54) is 5.56 Å². The molecule has 0 radical (unpaired) electrons. The van der Waals surface area contributed by atoms with E-state index < -0.39 is 0 Å². The quantitative estimate of drug-likeness (QED) is 0.736. The largest absolute Gasteiger partial charge is 0.377 e. The van der Waals surface area contributed by atoms with Crippen LogP contribution in [0.5, 0.6) is 0 Å². The third-order valence-corrected chi connectivity index (χ3v) is 3.89. The Morgan fingerprint density at radius 3 is 2.78 bits per heavy atom. The molecule has 0 atom stereocenters. The molecule has 0 aromatic carbocycles. The Hall–Kier alpha value is 0.0300. The first-order valence-corrected chi connectivity index (χ1v) is 8.18. The minimum atomic E-state index is 0.444. The fourth-order valence-electron chi connectivity index (χ4n) is 2.25. The molecule has 0 N–H and O–H groups in total. The number of piperidine rings is 1. The Kier molecular flexibility index (Phi) is 6.08. The summed E-state index contributed by atoms with van der Waals surface area (Å²) in [5, 5.41) is 0.928. The van der Waals surface area contributed by atoms with Crippen LogP contribution in [0.15, 0.2) is 22.9 Å². The molecular formula is C13H18Br2N2O. The second-order valence-corrected chi connectivity index (χ2v) is 6.26. The zero-order chi connectivity index (χ0) is 12.8. The normalized spacial score (nSPS) is 18.1. The molecule has 1 aromatic heterocycles. The van der Waals surface area contributed by atoms with Gasteiger partial charge in [0, 0.05) is 41.8 Å². The molecule has 0 bridgehead atoms. The number of hydrogen-bond acceptors (Lipinski definition) is 3. The van der Waals surface area contributed by atoms with E-state index in [1.807, 2.05) is 12.4 Å². The zero-order valence-corrected chi connectivity index (χ0v) is 13.5. The van der Waals surface area contributed by atoms with E-state index in [4.69, 9.17) is 4.74 Å². The van der Waals surface area contributed by atoms with Crippen molar-refractivity contribution in [1.29, 1.82) is 0 Å². The van der Waals surface area contributed by atoms with Gasteiger partial charge in [0.1, 0.15) is 0 Å². The maximum absolute atomic E-state index is 5.76. The molecule has 0 spiro atoms. The summed E-state index contributed by atoms with van der Waals surface area (Å²) in [4.78, 5) is 6.67. The lowest BCUT2D eigenvalue weighted by Crippen LogP contribution is -2.36. The highest BCUT2D eigenvalue weighted by Gasteiger charge is 2.19. The minimum Gasteiger partial charge on any atom is -0.377 e. The molecular weight excluding hydrogens is 360 g/mol. The molecule has 3 nitrogen and oxygen atoms in total. The van der Waals surface area contributed by atoms with Crippen LogP contribution in [0.25, 0.3) is 0 Å². The minimum absolute atomic E-state index is 0.444. The summed E-state index contributed by atoms with van der Waals surface area (Å²) in [5.74, 6) is 0. The van der Waals surface area contributed by atoms with E-state index in [0.29, 0.717) is 6.10 Å². The topological polar surface area (TPSA) is 25.4 Å². The molecule has 0 amide bonds. The molecule has 1 aliphatic heterocycles. The van der Waals surface area contributed by atoms with Gasteiger partial charge in [-0.1, -0.05) is 15.9 Å².